The average Bonchev–Trinajstić information content (AvgIpc) is 2.89. The lowest BCUT2D eigenvalue weighted by molar-refractivity contribution is -0.126. The second kappa shape index (κ2) is 5.00. The Hall–Kier alpha value is -2.30. The third-order valence-electron chi connectivity index (χ3n) is 3.64. The third kappa shape index (κ3) is 2.15. The Morgan fingerprint density at radius 2 is 2.25 bits per heavy atom. The highest BCUT2D eigenvalue weighted by molar-refractivity contribution is 5.87. The molecule has 2 aromatic rings. The number of piperazine rings is 1. The van der Waals surface area contributed by atoms with E-state index in [1.807, 2.05) is 24.3 Å². The number of fused-ring (bicyclic) bond motifs is 1. The first-order valence-corrected chi connectivity index (χ1v) is 6.72. The van der Waals surface area contributed by atoms with Crippen LogP contribution in [0.15, 0.2) is 41.3 Å². The van der Waals surface area contributed by atoms with Gasteiger partial charge in [-0.15, -0.1) is 0 Å². The van der Waals surface area contributed by atoms with Gasteiger partial charge in [0, 0.05) is 25.7 Å². The summed E-state index contributed by atoms with van der Waals surface area (Å²) in [6, 6.07) is 8.52. The second-order valence-corrected chi connectivity index (χ2v) is 4.99. The SMILES string of the molecule is C=CC(=O)N1CCN(c2nc3ccccc3o2)C(C)C1. The molecule has 5 nitrogen and oxygen atoms in total. The number of oxazole rings is 1. The zero-order valence-corrected chi connectivity index (χ0v) is 11.5. The molecular weight excluding hydrogens is 254 g/mol. The van der Waals surface area contributed by atoms with Gasteiger partial charge < -0.3 is 14.2 Å². The highest BCUT2D eigenvalue weighted by atomic mass is 16.4. The van der Waals surface area contributed by atoms with Gasteiger partial charge in [-0.1, -0.05) is 18.7 Å². The first-order valence-electron chi connectivity index (χ1n) is 6.72. The van der Waals surface area contributed by atoms with Crippen molar-refractivity contribution >= 4 is 23.0 Å². The summed E-state index contributed by atoms with van der Waals surface area (Å²) in [5, 5.41) is 0. The zero-order valence-electron chi connectivity index (χ0n) is 11.5. The van der Waals surface area contributed by atoms with E-state index in [0.29, 0.717) is 25.6 Å². The molecule has 0 N–H and O–H groups in total. The number of hydrogen-bond donors (Lipinski definition) is 0. The fraction of sp³-hybridized carbons (Fsp3) is 0.333. The van der Waals surface area contributed by atoms with Crippen LogP contribution in [0.5, 0.6) is 0 Å². The summed E-state index contributed by atoms with van der Waals surface area (Å²) < 4.78 is 5.79. The van der Waals surface area contributed by atoms with Gasteiger partial charge in [0.05, 0.1) is 0 Å². The number of rotatable bonds is 2. The minimum atomic E-state index is -0.0194. The van der Waals surface area contributed by atoms with Gasteiger partial charge in [-0.25, -0.2) is 0 Å². The number of carbonyl (C=O) groups excluding carboxylic acids is 1. The summed E-state index contributed by atoms with van der Waals surface area (Å²) in [5.74, 6) is -0.0194. The maximum atomic E-state index is 11.6. The number of carbonyl (C=O) groups is 1. The monoisotopic (exact) mass is 271 g/mol. The normalized spacial score (nSPS) is 19.4. The first-order chi connectivity index (χ1) is 9.69. The molecule has 1 aliphatic heterocycles. The number of hydrogen-bond acceptors (Lipinski definition) is 4. The van der Waals surface area contributed by atoms with Crippen molar-refractivity contribution in [2.45, 2.75) is 13.0 Å². The molecule has 1 aliphatic rings. The summed E-state index contributed by atoms with van der Waals surface area (Å²) in [4.78, 5) is 20.1. The second-order valence-electron chi connectivity index (χ2n) is 4.99. The van der Waals surface area contributed by atoms with Gasteiger partial charge >= 0.3 is 0 Å². The molecule has 20 heavy (non-hydrogen) atoms. The van der Waals surface area contributed by atoms with Gasteiger partial charge in [0.2, 0.25) is 5.91 Å². The fourth-order valence-corrected chi connectivity index (χ4v) is 2.55. The van der Waals surface area contributed by atoms with Crippen LogP contribution in [0, 0.1) is 0 Å². The van der Waals surface area contributed by atoms with E-state index in [2.05, 4.69) is 23.4 Å². The molecule has 1 unspecified atom stereocenters. The highest BCUT2D eigenvalue weighted by Gasteiger charge is 2.28. The molecule has 1 amide bonds. The summed E-state index contributed by atoms with van der Waals surface area (Å²) >= 11 is 0. The lowest BCUT2D eigenvalue weighted by atomic mass is 10.2. The van der Waals surface area contributed by atoms with Gasteiger partial charge in [0.15, 0.2) is 5.58 Å². The van der Waals surface area contributed by atoms with E-state index in [1.165, 1.54) is 6.08 Å². The van der Waals surface area contributed by atoms with Crippen molar-refractivity contribution < 1.29 is 9.21 Å². The first kappa shape index (κ1) is 12.7. The largest absolute Gasteiger partial charge is 0.423 e. The van der Waals surface area contributed by atoms with Crippen molar-refractivity contribution in [1.29, 1.82) is 0 Å². The van der Waals surface area contributed by atoms with Gasteiger partial charge in [-0.3, -0.25) is 4.79 Å². The highest BCUT2D eigenvalue weighted by Crippen LogP contribution is 2.24. The van der Waals surface area contributed by atoms with E-state index >= 15 is 0 Å². The molecule has 0 saturated carbocycles. The number of anilines is 1. The quantitative estimate of drug-likeness (QED) is 0.784. The van der Waals surface area contributed by atoms with Crippen molar-refractivity contribution in [2.75, 3.05) is 24.5 Å². The Morgan fingerprint density at radius 3 is 2.95 bits per heavy atom. The molecule has 0 aliphatic carbocycles. The Balaban J connectivity index is 1.81. The number of para-hydroxylation sites is 2. The van der Waals surface area contributed by atoms with Crippen molar-refractivity contribution in [3.63, 3.8) is 0 Å². The standard InChI is InChI=1S/C15H17N3O2/c1-3-14(19)17-8-9-18(11(2)10-17)15-16-12-6-4-5-7-13(12)20-15/h3-7,11H,1,8-10H2,2H3. The van der Waals surface area contributed by atoms with E-state index in [4.69, 9.17) is 4.42 Å². The van der Waals surface area contributed by atoms with E-state index in [0.717, 1.165) is 11.1 Å². The van der Waals surface area contributed by atoms with Gasteiger partial charge in [-0.05, 0) is 25.1 Å². The minimum absolute atomic E-state index is 0.0194. The van der Waals surface area contributed by atoms with E-state index in [1.54, 1.807) is 4.90 Å². The van der Waals surface area contributed by atoms with Crippen LogP contribution >= 0.6 is 0 Å². The summed E-state index contributed by atoms with van der Waals surface area (Å²) in [5.41, 5.74) is 1.65. The smallest absolute Gasteiger partial charge is 0.298 e. The number of benzene rings is 1. The topological polar surface area (TPSA) is 49.6 Å². The predicted octanol–water partition coefficient (Wildman–Crippen LogP) is 2.05. The summed E-state index contributed by atoms with van der Waals surface area (Å²) in [6.45, 7) is 7.63. The molecule has 1 aromatic carbocycles. The van der Waals surface area contributed by atoms with Crippen LogP contribution in [0.25, 0.3) is 11.1 Å². The Labute approximate surface area is 117 Å². The van der Waals surface area contributed by atoms with Crippen molar-refractivity contribution in [1.82, 2.24) is 9.88 Å². The van der Waals surface area contributed by atoms with Crippen LogP contribution in [-0.2, 0) is 4.79 Å². The maximum Gasteiger partial charge on any atom is 0.298 e. The van der Waals surface area contributed by atoms with Crippen LogP contribution in [0.4, 0.5) is 6.01 Å². The van der Waals surface area contributed by atoms with Crippen LogP contribution in [0.2, 0.25) is 0 Å². The van der Waals surface area contributed by atoms with E-state index in [9.17, 15) is 4.79 Å². The zero-order chi connectivity index (χ0) is 14.1. The van der Waals surface area contributed by atoms with Crippen LogP contribution in [-0.4, -0.2) is 41.5 Å². The lowest BCUT2D eigenvalue weighted by Crippen LogP contribution is -2.53. The molecule has 0 bridgehead atoms. The van der Waals surface area contributed by atoms with E-state index in [-0.39, 0.29) is 11.9 Å². The van der Waals surface area contributed by atoms with Crippen LogP contribution < -0.4 is 4.90 Å². The Bertz CT molecular complexity index is 616. The molecule has 2 heterocycles. The molecule has 1 atom stereocenters. The number of nitrogens with zero attached hydrogens (tertiary/aromatic N) is 3. The Kier molecular flexibility index (Phi) is 3.18. The summed E-state index contributed by atoms with van der Waals surface area (Å²) in [7, 11) is 0. The van der Waals surface area contributed by atoms with Gasteiger partial charge in [0.25, 0.3) is 6.01 Å². The molecule has 1 fully saturated rings. The average molecular weight is 271 g/mol. The van der Waals surface area contributed by atoms with Gasteiger partial charge in [-0.2, -0.15) is 4.98 Å². The van der Waals surface area contributed by atoms with Crippen LogP contribution in [0.1, 0.15) is 6.92 Å². The Morgan fingerprint density at radius 1 is 1.45 bits per heavy atom. The molecule has 5 heteroatoms. The molecule has 0 spiro atoms. The van der Waals surface area contributed by atoms with Crippen LogP contribution in [0.3, 0.4) is 0 Å². The fourth-order valence-electron chi connectivity index (χ4n) is 2.55. The lowest BCUT2D eigenvalue weighted by Gasteiger charge is -2.38. The third-order valence-corrected chi connectivity index (χ3v) is 3.64. The van der Waals surface area contributed by atoms with Crippen molar-refractivity contribution in [2.24, 2.45) is 0 Å². The van der Waals surface area contributed by atoms with E-state index < -0.39 is 0 Å². The number of amides is 1. The summed E-state index contributed by atoms with van der Waals surface area (Å²) in [6.07, 6.45) is 1.36. The van der Waals surface area contributed by atoms with Crippen molar-refractivity contribution in [3.8, 4) is 0 Å². The van der Waals surface area contributed by atoms with Gasteiger partial charge in [0.1, 0.15) is 5.52 Å². The molecule has 3 rings (SSSR count). The molecule has 1 saturated heterocycles. The minimum Gasteiger partial charge on any atom is -0.423 e. The molecule has 0 radical (unpaired) electrons. The molecule has 1 aromatic heterocycles. The predicted molar refractivity (Wildman–Crippen MR) is 77.6 cm³/mol. The number of aromatic nitrogens is 1. The molecular formula is C15H17N3O2. The van der Waals surface area contributed by atoms with Crippen molar-refractivity contribution in [3.05, 3.63) is 36.9 Å². The molecule has 104 valence electrons. The maximum absolute atomic E-state index is 11.6.